The summed E-state index contributed by atoms with van der Waals surface area (Å²) in [5.41, 5.74) is 0.136. The first-order valence-electron chi connectivity index (χ1n) is 5.71. The molecule has 1 aromatic carbocycles. The van der Waals surface area contributed by atoms with E-state index in [2.05, 4.69) is 4.99 Å². The lowest BCUT2D eigenvalue weighted by Gasteiger charge is -2.19. The molecule has 0 spiro atoms. The molecule has 0 unspecified atom stereocenters. The fraction of sp³-hybridized carbons (Fsp3) is 0.462. The molecule has 0 amide bonds. The SMILES string of the molecule is COc1cc(C2(N=C=O)CC2)c(OC)c(Cl)c1OC. The van der Waals surface area contributed by atoms with E-state index in [-0.39, 0.29) is 0 Å². The largest absolute Gasteiger partial charge is 0.495 e. The van der Waals surface area contributed by atoms with Crippen LogP contribution in [0.5, 0.6) is 17.2 Å². The van der Waals surface area contributed by atoms with E-state index < -0.39 is 5.54 Å². The number of methoxy groups -OCH3 is 3. The van der Waals surface area contributed by atoms with Crippen LogP contribution in [0.4, 0.5) is 0 Å². The Balaban J connectivity index is 2.67. The maximum absolute atomic E-state index is 10.6. The van der Waals surface area contributed by atoms with Crippen LogP contribution >= 0.6 is 11.6 Å². The summed E-state index contributed by atoms with van der Waals surface area (Å²) in [6, 6.07) is 1.75. The van der Waals surface area contributed by atoms with Gasteiger partial charge in [0.2, 0.25) is 6.08 Å². The standard InChI is InChI=1S/C13H14ClNO4/c1-17-9-6-8(13(4-5-13)15-7-16)11(18-2)10(14)12(9)19-3/h6H,4-5H2,1-3H3. The summed E-state index contributed by atoms with van der Waals surface area (Å²) < 4.78 is 15.8. The van der Waals surface area contributed by atoms with E-state index in [9.17, 15) is 4.79 Å². The molecule has 1 saturated carbocycles. The molecule has 0 saturated heterocycles. The Morgan fingerprint density at radius 3 is 2.26 bits per heavy atom. The highest BCUT2D eigenvalue weighted by Crippen LogP contribution is 2.56. The normalized spacial score (nSPS) is 15.4. The molecule has 0 N–H and O–H groups in total. The van der Waals surface area contributed by atoms with E-state index in [1.165, 1.54) is 21.3 Å². The zero-order chi connectivity index (χ0) is 14.0. The average Bonchev–Trinajstić information content (AvgIpc) is 3.18. The van der Waals surface area contributed by atoms with Gasteiger partial charge in [0.05, 0.1) is 21.3 Å². The van der Waals surface area contributed by atoms with Crippen molar-refractivity contribution >= 4 is 17.7 Å². The smallest absolute Gasteiger partial charge is 0.235 e. The third-order valence-electron chi connectivity index (χ3n) is 3.26. The first-order chi connectivity index (χ1) is 9.13. The number of carbonyl (C=O) groups excluding carboxylic acids is 1. The predicted octanol–water partition coefficient (Wildman–Crippen LogP) is 2.69. The van der Waals surface area contributed by atoms with Gasteiger partial charge in [0.1, 0.15) is 16.3 Å². The van der Waals surface area contributed by atoms with Crippen LogP contribution in [-0.4, -0.2) is 27.4 Å². The molecule has 0 bridgehead atoms. The minimum Gasteiger partial charge on any atom is -0.495 e. The van der Waals surface area contributed by atoms with Gasteiger partial charge in [0, 0.05) is 5.56 Å². The number of aliphatic imine (C=N–C) groups is 1. The Labute approximate surface area is 116 Å². The van der Waals surface area contributed by atoms with E-state index in [4.69, 9.17) is 25.8 Å². The van der Waals surface area contributed by atoms with Crippen molar-refractivity contribution in [3.05, 3.63) is 16.7 Å². The Morgan fingerprint density at radius 1 is 1.21 bits per heavy atom. The highest BCUT2D eigenvalue weighted by atomic mass is 35.5. The molecular weight excluding hydrogens is 270 g/mol. The zero-order valence-corrected chi connectivity index (χ0v) is 11.7. The van der Waals surface area contributed by atoms with Crippen LogP contribution < -0.4 is 14.2 Å². The van der Waals surface area contributed by atoms with Gasteiger partial charge in [-0.1, -0.05) is 11.6 Å². The maximum atomic E-state index is 10.6. The molecule has 0 atom stereocenters. The summed E-state index contributed by atoms with van der Waals surface area (Å²) in [5, 5.41) is 0.312. The highest BCUT2D eigenvalue weighted by Gasteiger charge is 2.48. The number of nitrogens with zero attached hydrogens (tertiary/aromatic N) is 1. The molecule has 1 aliphatic rings. The molecule has 2 rings (SSSR count). The summed E-state index contributed by atoms with van der Waals surface area (Å²) >= 11 is 6.26. The molecule has 1 fully saturated rings. The number of halogens is 1. The Bertz CT molecular complexity index is 548. The molecule has 6 heteroatoms. The van der Waals surface area contributed by atoms with Gasteiger partial charge in [-0.25, -0.2) is 4.79 Å². The minimum absolute atomic E-state index is 0.312. The minimum atomic E-state index is -0.587. The first kappa shape index (κ1) is 13.7. The van der Waals surface area contributed by atoms with Crippen molar-refractivity contribution in [2.24, 2.45) is 4.99 Å². The number of rotatable bonds is 5. The van der Waals surface area contributed by atoms with E-state index in [1.54, 1.807) is 12.1 Å². The molecule has 0 aromatic heterocycles. The topological polar surface area (TPSA) is 57.1 Å². The molecular formula is C13H14ClNO4. The van der Waals surface area contributed by atoms with Gasteiger partial charge in [-0.05, 0) is 18.9 Å². The van der Waals surface area contributed by atoms with E-state index in [0.717, 1.165) is 18.4 Å². The lowest BCUT2D eigenvalue weighted by atomic mass is 10.0. The zero-order valence-electron chi connectivity index (χ0n) is 10.9. The number of hydrogen-bond donors (Lipinski definition) is 0. The van der Waals surface area contributed by atoms with Gasteiger partial charge in [-0.15, -0.1) is 0 Å². The van der Waals surface area contributed by atoms with Crippen molar-refractivity contribution in [1.82, 2.24) is 0 Å². The van der Waals surface area contributed by atoms with Gasteiger partial charge in [-0.3, -0.25) is 0 Å². The van der Waals surface area contributed by atoms with Crippen molar-refractivity contribution in [3.8, 4) is 17.2 Å². The number of isocyanates is 1. The van der Waals surface area contributed by atoms with E-state index in [0.29, 0.717) is 22.3 Å². The fourth-order valence-corrected chi connectivity index (χ4v) is 2.48. The fourth-order valence-electron chi connectivity index (χ4n) is 2.13. The molecule has 0 radical (unpaired) electrons. The Hall–Kier alpha value is -1.71. The quantitative estimate of drug-likeness (QED) is 0.616. The first-order valence-corrected chi connectivity index (χ1v) is 6.09. The second-order valence-corrected chi connectivity index (χ2v) is 4.62. The second-order valence-electron chi connectivity index (χ2n) is 4.24. The van der Waals surface area contributed by atoms with Crippen molar-refractivity contribution in [2.75, 3.05) is 21.3 Å². The lowest BCUT2D eigenvalue weighted by Crippen LogP contribution is -2.07. The van der Waals surface area contributed by atoms with Gasteiger partial charge in [0.25, 0.3) is 0 Å². The van der Waals surface area contributed by atoms with Crippen LogP contribution in [0, 0.1) is 0 Å². The van der Waals surface area contributed by atoms with E-state index in [1.807, 2.05) is 0 Å². The van der Waals surface area contributed by atoms with Gasteiger partial charge < -0.3 is 14.2 Å². The van der Waals surface area contributed by atoms with Crippen molar-refractivity contribution < 1.29 is 19.0 Å². The lowest BCUT2D eigenvalue weighted by molar-refractivity contribution is 0.346. The number of ether oxygens (including phenoxy) is 3. The van der Waals surface area contributed by atoms with Crippen molar-refractivity contribution in [2.45, 2.75) is 18.4 Å². The van der Waals surface area contributed by atoms with Gasteiger partial charge in [-0.2, -0.15) is 4.99 Å². The molecule has 19 heavy (non-hydrogen) atoms. The molecule has 0 aliphatic heterocycles. The molecule has 0 heterocycles. The summed E-state index contributed by atoms with van der Waals surface area (Å²) in [7, 11) is 4.53. The van der Waals surface area contributed by atoms with Crippen LogP contribution in [0.15, 0.2) is 11.1 Å². The maximum Gasteiger partial charge on any atom is 0.235 e. The van der Waals surface area contributed by atoms with Gasteiger partial charge in [0.15, 0.2) is 11.5 Å². The van der Waals surface area contributed by atoms with Crippen LogP contribution in [-0.2, 0) is 10.3 Å². The monoisotopic (exact) mass is 283 g/mol. The molecule has 102 valence electrons. The van der Waals surface area contributed by atoms with E-state index >= 15 is 0 Å². The van der Waals surface area contributed by atoms with Crippen molar-refractivity contribution in [1.29, 1.82) is 0 Å². The van der Waals surface area contributed by atoms with Crippen LogP contribution in [0.2, 0.25) is 5.02 Å². The molecule has 5 nitrogen and oxygen atoms in total. The molecule has 1 aromatic rings. The number of hydrogen-bond acceptors (Lipinski definition) is 5. The highest BCUT2D eigenvalue weighted by molar-refractivity contribution is 6.34. The molecule has 1 aliphatic carbocycles. The number of benzene rings is 1. The van der Waals surface area contributed by atoms with Crippen LogP contribution in [0.3, 0.4) is 0 Å². The Kier molecular flexibility index (Phi) is 3.69. The third-order valence-corrected chi connectivity index (χ3v) is 3.60. The second kappa shape index (κ2) is 5.11. The summed E-state index contributed by atoms with van der Waals surface area (Å²) in [4.78, 5) is 14.5. The van der Waals surface area contributed by atoms with Crippen LogP contribution in [0.1, 0.15) is 18.4 Å². The van der Waals surface area contributed by atoms with Gasteiger partial charge >= 0.3 is 0 Å². The third kappa shape index (κ3) is 2.15. The summed E-state index contributed by atoms with van der Waals surface area (Å²) in [6.07, 6.45) is 3.12. The summed E-state index contributed by atoms with van der Waals surface area (Å²) in [6.45, 7) is 0. The summed E-state index contributed by atoms with van der Waals surface area (Å²) in [5.74, 6) is 1.34. The Morgan fingerprint density at radius 2 is 1.84 bits per heavy atom. The van der Waals surface area contributed by atoms with Crippen LogP contribution in [0.25, 0.3) is 0 Å². The predicted molar refractivity (Wildman–Crippen MR) is 70.1 cm³/mol. The van der Waals surface area contributed by atoms with Crippen molar-refractivity contribution in [3.63, 3.8) is 0 Å². The average molecular weight is 284 g/mol.